The molecule has 19 heavy (non-hydrogen) atoms. The van der Waals surface area contributed by atoms with Gasteiger partial charge in [0.25, 0.3) is 0 Å². The summed E-state index contributed by atoms with van der Waals surface area (Å²) in [4.78, 5) is 5.34. The lowest BCUT2D eigenvalue weighted by molar-refractivity contribution is 0.602. The van der Waals surface area contributed by atoms with Crippen molar-refractivity contribution in [2.75, 3.05) is 6.54 Å². The van der Waals surface area contributed by atoms with E-state index in [1.165, 1.54) is 30.7 Å². The molecule has 1 atom stereocenters. The molecule has 3 rings (SSSR count). The fraction of sp³-hybridized carbons (Fsp3) is 0.357. The quantitative estimate of drug-likeness (QED) is 0.863. The molecule has 2 aromatic rings. The molecule has 1 unspecified atom stereocenters. The molecule has 0 spiro atoms. The van der Waals surface area contributed by atoms with Crippen LogP contribution in [0.3, 0.4) is 0 Å². The van der Waals surface area contributed by atoms with Gasteiger partial charge in [-0.15, -0.1) is 23.1 Å². The predicted octanol–water partition coefficient (Wildman–Crippen LogP) is 4.00. The standard InChI is InChI=1S/C14H15FN2S2/c15-10-4-1-2-6-13(10)18-9-14-17-12(8-19-14)11-5-3-7-16-11/h1-2,4,6,8,11,16H,3,5,7,9H2. The van der Waals surface area contributed by atoms with Crippen LogP contribution in [0.2, 0.25) is 0 Å². The summed E-state index contributed by atoms with van der Waals surface area (Å²) >= 11 is 3.18. The third kappa shape index (κ3) is 3.16. The molecule has 1 fully saturated rings. The van der Waals surface area contributed by atoms with Crippen molar-refractivity contribution in [3.63, 3.8) is 0 Å². The van der Waals surface area contributed by atoms with Crippen molar-refractivity contribution >= 4 is 23.1 Å². The van der Waals surface area contributed by atoms with Crippen LogP contribution in [0.25, 0.3) is 0 Å². The minimum Gasteiger partial charge on any atom is -0.309 e. The summed E-state index contributed by atoms with van der Waals surface area (Å²) < 4.78 is 13.5. The highest BCUT2D eigenvalue weighted by atomic mass is 32.2. The summed E-state index contributed by atoms with van der Waals surface area (Å²) in [7, 11) is 0. The van der Waals surface area contributed by atoms with Gasteiger partial charge in [-0.1, -0.05) is 12.1 Å². The Labute approximate surface area is 120 Å². The number of hydrogen-bond donors (Lipinski definition) is 1. The first kappa shape index (κ1) is 13.1. The molecule has 5 heteroatoms. The molecule has 0 radical (unpaired) electrons. The first-order chi connectivity index (χ1) is 9.33. The van der Waals surface area contributed by atoms with Crippen molar-refractivity contribution in [3.05, 3.63) is 46.2 Å². The molecule has 0 bridgehead atoms. The second-order valence-corrected chi connectivity index (χ2v) is 6.49. The number of benzene rings is 1. The van der Waals surface area contributed by atoms with Crippen LogP contribution in [0.5, 0.6) is 0 Å². The Bertz CT molecular complexity index is 550. The molecule has 0 aliphatic carbocycles. The highest BCUT2D eigenvalue weighted by Crippen LogP contribution is 2.29. The number of hydrogen-bond acceptors (Lipinski definition) is 4. The van der Waals surface area contributed by atoms with Gasteiger partial charge in [0.1, 0.15) is 10.8 Å². The Kier molecular flexibility index (Phi) is 4.15. The number of nitrogens with zero attached hydrogens (tertiary/aromatic N) is 1. The van der Waals surface area contributed by atoms with Crippen LogP contribution >= 0.6 is 23.1 Å². The van der Waals surface area contributed by atoms with E-state index in [1.54, 1.807) is 17.4 Å². The van der Waals surface area contributed by atoms with Crippen LogP contribution in [-0.2, 0) is 5.75 Å². The van der Waals surface area contributed by atoms with E-state index in [0.717, 1.165) is 23.0 Å². The van der Waals surface area contributed by atoms with Gasteiger partial charge < -0.3 is 5.32 Å². The average molecular weight is 294 g/mol. The van der Waals surface area contributed by atoms with E-state index in [9.17, 15) is 4.39 Å². The van der Waals surface area contributed by atoms with Gasteiger partial charge in [-0.3, -0.25) is 0 Å². The molecule has 100 valence electrons. The first-order valence-corrected chi connectivity index (χ1v) is 8.24. The van der Waals surface area contributed by atoms with Crippen LogP contribution in [0, 0.1) is 5.82 Å². The number of thiazole rings is 1. The zero-order chi connectivity index (χ0) is 13.1. The largest absolute Gasteiger partial charge is 0.309 e. The SMILES string of the molecule is Fc1ccccc1SCc1nc(C2CCCN2)cs1. The maximum Gasteiger partial charge on any atom is 0.136 e. The minimum absolute atomic E-state index is 0.151. The van der Waals surface area contributed by atoms with Crippen molar-refractivity contribution in [1.29, 1.82) is 0 Å². The third-order valence-electron chi connectivity index (χ3n) is 3.17. The molecule has 2 heterocycles. The number of nitrogens with one attached hydrogen (secondary N) is 1. The fourth-order valence-corrected chi connectivity index (χ4v) is 3.99. The molecule has 1 saturated heterocycles. The molecule has 0 amide bonds. The summed E-state index contributed by atoms with van der Waals surface area (Å²) in [6, 6.07) is 7.31. The lowest BCUT2D eigenvalue weighted by Gasteiger charge is -2.05. The maximum atomic E-state index is 13.5. The van der Waals surface area contributed by atoms with Crippen LogP contribution < -0.4 is 5.32 Å². The Morgan fingerprint density at radius 2 is 2.32 bits per heavy atom. The molecule has 1 aliphatic heterocycles. The van der Waals surface area contributed by atoms with E-state index in [1.807, 2.05) is 12.1 Å². The van der Waals surface area contributed by atoms with Gasteiger partial charge in [0.15, 0.2) is 0 Å². The molecule has 1 aromatic heterocycles. The van der Waals surface area contributed by atoms with Gasteiger partial charge in [0.05, 0.1) is 17.5 Å². The third-order valence-corrected chi connectivity index (χ3v) is 5.28. The summed E-state index contributed by atoms with van der Waals surface area (Å²) in [5.74, 6) is 0.583. The number of aromatic nitrogens is 1. The van der Waals surface area contributed by atoms with E-state index in [4.69, 9.17) is 0 Å². The van der Waals surface area contributed by atoms with E-state index in [2.05, 4.69) is 15.7 Å². The summed E-state index contributed by atoms with van der Waals surface area (Å²) in [6.07, 6.45) is 2.39. The number of thioether (sulfide) groups is 1. The Balaban J connectivity index is 1.63. The van der Waals surface area contributed by atoms with Gasteiger partial charge in [0, 0.05) is 10.3 Å². The van der Waals surface area contributed by atoms with Crippen molar-refractivity contribution < 1.29 is 4.39 Å². The second kappa shape index (κ2) is 6.03. The summed E-state index contributed by atoms with van der Waals surface area (Å²) in [6.45, 7) is 1.08. The minimum atomic E-state index is -0.151. The first-order valence-electron chi connectivity index (χ1n) is 6.38. The molecule has 1 aliphatic rings. The highest BCUT2D eigenvalue weighted by molar-refractivity contribution is 7.98. The zero-order valence-electron chi connectivity index (χ0n) is 10.4. The van der Waals surface area contributed by atoms with Crippen LogP contribution in [0.15, 0.2) is 34.5 Å². The lowest BCUT2D eigenvalue weighted by Crippen LogP contribution is -2.13. The van der Waals surface area contributed by atoms with Gasteiger partial charge >= 0.3 is 0 Å². The summed E-state index contributed by atoms with van der Waals surface area (Å²) in [5, 5.41) is 6.64. The van der Waals surface area contributed by atoms with Crippen molar-refractivity contribution in [2.24, 2.45) is 0 Å². The Morgan fingerprint density at radius 1 is 1.42 bits per heavy atom. The predicted molar refractivity (Wildman–Crippen MR) is 78.1 cm³/mol. The van der Waals surface area contributed by atoms with Gasteiger partial charge in [-0.2, -0.15) is 0 Å². The molecule has 1 aromatic carbocycles. The van der Waals surface area contributed by atoms with E-state index in [0.29, 0.717) is 10.9 Å². The van der Waals surface area contributed by atoms with Crippen molar-refractivity contribution in [2.45, 2.75) is 29.5 Å². The Morgan fingerprint density at radius 3 is 3.11 bits per heavy atom. The van der Waals surface area contributed by atoms with Gasteiger partial charge in [0.2, 0.25) is 0 Å². The molecular formula is C14H15FN2S2. The number of halogens is 1. The smallest absolute Gasteiger partial charge is 0.136 e. The molecule has 0 saturated carbocycles. The Hall–Kier alpha value is -0.910. The lowest BCUT2D eigenvalue weighted by atomic mass is 10.2. The van der Waals surface area contributed by atoms with Gasteiger partial charge in [-0.25, -0.2) is 9.37 Å². The number of rotatable bonds is 4. The molecule has 1 N–H and O–H groups in total. The van der Waals surface area contributed by atoms with E-state index in [-0.39, 0.29) is 5.82 Å². The van der Waals surface area contributed by atoms with E-state index >= 15 is 0 Å². The zero-order valence-corrected chi connectivity index (χ0v) is 12.1. The van der Waals surface area contributed by atoms with Crippen LogP contribution in [0.1, 0.15) is 29.6 Å². The van der Waals surface area contributed by atoms with Gasteiger partial charge in [-0.05, 0) is 31.5 Å². The van der Waals surface area contributed by atoms with Crippen molar-refractivity contribution in [1.82, 2.24) is 10.3 Å². The van der Waals surface area contributed by atoms with Crippen molar-refractivity contribution in [3.8, 4) is 0 Å². The molecular weight excluding hydrogens is 279 g/mol. The normalized spacial score (nSPS) is 18.9. The topological polar surface area (TPSA) is 24.9 Å². The second-order valence-electron chi connectivity index (χ2n) is 4.53. The molecule has 2 nitrogen and oxygen atoms in total. The maximum absolute atomic E-state index is 13.5. The van der Waals surface area contributed by atoms with Crippen LogP contribution in [-0.4, -0.2) is 11.5 Å². The monoisotopic (exact) mass is 294 g/mol. The fourth-order valence-electron chi connectivity index (χ4n) is 2.19. The van der Waals surface area contributed by atoms with Crippen LogP contribution in [0.4, 0.5) is 4.39 Å². The van der Waals surface area contributed by atoms with E-state index < -0.39 is 0 Å². The summed E-state index contributed by atoms with van der Waals surface area (Å²) in [5.41, 5.74) is 1.15. The highest BCUT2D eigenvalue weighted by Gasteiger charge is 2.18. The average Bonchev–Trinajstić information content (AvgIpc) is 3.09.